The molecule has 0 saturated carbocycles. The Morgan fingerprint density at radius 2 is 1.04 bits per heavy atom. The van der Waals surface area contributed by atoms with E-state index in [-0.39, 0.29) is 0 Å². The molecule has 0 fully saturated rings. The van der Waals surface area contributed by atoms with E-state index in [1.54, 1.807) is 0 Å². The van der Waals surface area contributed by atoms with E-state index < -0.39 is 0 Å². The smallest absolute Gasteiger partial charge is 0.164 e. The summed E-state index contributed by atoms with van der Waals surface area (Å²) in [5.41, 5.74) is 12.7. The molecule has 5 nitrogen and oxygen atoms in total. The average molecular weight is 719 g/mol. The minimum Gasteiger partial charge on any atom is -0.456 e. The summed E-state index contributed by atoms with van der Waals surface area (Å²) in [6.45, 7) is 0. The molecule has 0 radical (unpaired) electrons. The molecular formula is C51H34N4O. The van der Waals surface area contributed by atoms with Crippen molar-refractivity contribution < 1.29 is 4.42 Å². The van der Waals surface area contributed by atoms with E-state index >= 15 is 0 Å². The lowest BCUT2D eigenvalue weighted by molar-refractivity contribution is 0.571. The second kappa shape index (κ2) is 13.2. The molecule has 264 valence electrons. The first-order valence-corrected chi connectivity index (χ1v) is 19.1. The fourth-order valence-electron chi connectivity index (χ4n) is 8.32. The molecule has 56 heavy (non-hydrogen) atoms. The lowest BCUT2D eigenvalue weighted by Gasteiger charge is -2.13. The Morgan fingerprint density at radius 3 is 1.77 bits per heavy atom. The van der Waals surface area contributed by atoms with Gasteiger partial charge in [0.15, 0.2) is 17.5 Å². The molecule has 3 aromatic heterocycles. The minimum absolute atomic E-state index is 0.641. The van der Waals surface area contributed by atoms with Gasteiger partial charge in [-0.15, -0.1) is 0 Å². The van der Waals surface area contributed by atoms with E-state index in [9.17, 15) is 0 Å². The van der Waals surface area contributed by atoms with E-state index in [2.05, 4.69) is 162 Å². The second-order valence-corrected chi connectivity index (χ2v) is 14.3. The van der Waals surface area contributed by atoms with Gasteiger partial charge in [-0.1, -0.05) is 146 Å². The third-order valence-electron chi connectivity index (χ3n) is 10.9. The van der Waals surface area contributed by atoms with Gasteiger partial charge in [-0.25, -0.2) is 15.0 Å². The molecule has 0 N–H and O–H groups in total. The Bertz CT molecular complexity index is 3220. The number of furan rings is 1. The number of rotatable bonds is 6. The predicted octanol–water partition coefficient (Wildman–Crippen LogP) is 11.2. The Hall–Kier alpha value is -7.37. The highest BCUT2D eigenvalue weighted by molar-refractivity contribution is 6.18. The van der Waals surface area contributed by atoms with Crippen LogP contribution in [-0.4, -0.2) is 19.5 Å². The summed E-state index contributed by atoms with van der Waals surface area (Å²) in [6.07, 6.45) is 3.81. The van der Waals surface area contributed by atoms with Crippen LogP contribution in [0.25, 0.3) is 95.1 Å². The molecule has 7 aromatic carbocycles. The topological polar surface area (TPSA) is 56.7 Å². The fourth-order valence-corrected chi connectivity index (χ4v) is 8.32. The number of aromatic nitrogens is 4. The van der Waals surface area contributed by atoms with Gasteiger partial charge in [-0.05, 0) is 71.5 Å². The van der Waals surface area contributed by atoms with Crippen molar-refractivity contribution in [2.75, 3.05) is 0 Å². The Morgan fingerprint density at radius 1 is 0.464 bits per heavy atom. The van der Waals surface area contributed by atoms with Gasteiger partial charge in [0, 0.05) is 38.4 Å². The van der Waals surface area contributed by atoms with E-state index in [4.69, 9.17) is 19.4 Å². The first-order chi connectivity index (χ1) is 27.8. The van der Waals surface area contributed by atoms with Gasteiger partial charge in [0.25, 0.3) is 0 Å². The van der Waals surface area contributed by atoms with Crippen molar-refractivity contribution in [1.82, 2.24) is 19.5 Å². The summed E-state index contributed by atoms with van der Waals surface area (Å²) < 4.78 is 9.16. The number of para-hydroxylation sites is 1. The number of benzene rings is 7. The molecule has 0 amide bonds. The maximum atomic E-state index is 6.75. The van der Waals surface area contributed by atoms with Crippen LogP contribution in [-0.2, 0) is 0 Å². The molecule has 3 heterocycles. The molecule has 0 atom stereocenters. The van der Waals surface area contributed by atoms with Gasteiger partial charge < -0.3 is 8.98 Å². The Labute approximate surface area is 323 Å². The van der Waals surface area contributed by atoms with Gasteiger partial charge in [0.05, 0.1) is 16.4 Å². The zero-order valence-electron chi connectivity index (χ0n) is 30.4. The Kier molecular flexibility index (Phi) is 7.56. The van der Waals surface area contributed by atoms with Crippen LogP contribution in [0.4, 0.5) is 0 Å². The highest BCUT2D eigenvalue weighted by Gasteiger charge is 2.23. The normalized spacial score (nSPS) is 12.6. The van der Waals surface area contributed by atoms with Crippen molar-refractivity contribution in [2.45, 2.75) is 12.8 Å². The Balaban J connectivity index is 1.19. The van der Waals surface area contributed by atoms with Gasteiger partial charge in [-0.2, -0.15) is 0 Å². The largest absolute Gasteiger partial charge is 0.456 e. The van der Waals surface area contributed by atoms with Crippen molar-refractivity contribution in [3.05, 3.63) is 192 Å². The van der Waals surface area contributed by atoms with Crippen LogP contribution in [0.5, 0.6) is 0 Å². The molecular weight excluding hydrogens is 685 g/mol. The number of hydrogen-bond donors (Lipinski definition) is 0. The highest BCUT2D eigenvalue weighted by atomic mass is 16.3. The molecule has 0 unspecified atom stereocenters. The van der Waals surface area contributed by atoms with E-state index in [1.807, 2.05) is 24.3 Å². The molecule has 10 aromatic rings. The van der Waals surface area contributed by atoms with Crippen molar-refractivity contribution in [1.29, 1.82) is 0 Å². The molecule has 0 bridgehead atoms. The van der Waals surface area contributed by atoms with Crippen molar-refractivity contribution >= 4 is 44.4 Å². The van der Waals surface area contributed by atoms with Gasteiger partial charge in [0.1, 0.15) is 11.0 Å². The zero-order chi connectivity index (χ0) is 37.0. The average Bonchev–Trinajstić information content (AvgIpc) is 3.83. The summed E-state index contributed by atoms with van der Waals surface area (Å²) in [4.78, 5) is 15.6. The molecule has 0 saturated heterocycles. The molecule has 1 aliphatic carbocycles. The standard InChI is InChI=1S/C51H34N4O/c1-4-14-33(15-5-1)35-26-28-37(29-27-35)50-52-49(36-18-8-3-9-19-36)53-51(54-50)42-23-13-25-44-46(42)47-45(56-44)31-30-41-40-22-10-11-24-43(40)55(48(41)47)39-21-12-20-38(32-39)34-16-6-2-7-17-34/h1-12,14-22,24-32H,13,23H2. The first kappa shape index (κ1) is 32.1. The van der Waals surface area contributed by atoms with Crippen LogP contribution in [0, 0.1) is 0 Å². The van der Waals surface area contributed by atoms with E-state index in [0.29, 0.717) is 17.5 Å². The molecule has 5 heteroatoms. The number of nitrogens with zero attached hydrogens (tertiary/aromatic N) is 4. The van der Waals surface area contributed by atoms with Gasteiger partial charge >= 0.3 is 0 Å². The van der Waals surface area contributed by atoms with E-state index in [0.717, 1.165) is 73.4 Å². The van der Waals surface area contributed by atoms with Crippen molar-refractivity contribution in [3.8, 4) is 50.7 Å². The zero-order valence-corrected chi connectivity index (χ0v) is 30.4. The third-order valence-corrected chi connectivity index (χ3v) is 10.9. The fraction of sp³-hybridized carbons (Fsp3) is 0.0392. The third kappa shape index (κ3) is 5.36. The van der Waals surface area contributed by atoms with Crippen LogP contribution >= 0.6 is 0 Å². The summed E-state index contributed by atoms with van der Waals surface area (Å²) in [5, 5.41) is 4.49. The number of fused-ring (bicyclic) bond motifs is 7. The summed E-state index contributed by atoms with van der Waals surface area (Å²) >= 11 is 0. The van der Waals surface area contributed by atoms with Crippen LogP contribution in [0.3, 0.4) is 0 Å². The summed E-state index contributed by atoms with van der Waals surface area (Å²) in [6, 6.07) is 61.5. The lowest BCUT2D eigenvalue weighted by Crippen LogP contribution is -2.28. The van der Waals surface area contributed by atoms with Crippen LogP contribution in [0.2, 0.25) is 0 Å². The van der Waals surface area contributed by atoms with E-state index in [1.165, 1.54) is 27.5 Å². The number of hydrogen-bond acceptors (Lipinski definition) is 4. The van der Waals surface area contributed by atoms with Crippen LogP contribution < -0.4 is 10.6 Å². The van der Waals surface area contributed by atoms with Crippen molar-refractivity contribution in [3.63, 3.8) is 0 Å². The van der Waals surface area contributed by atoms with Crippen LogP contribution in [0.1, 0.15) is 18.7 Å². The highest BCUT2D eigenvalue weighted by Crippen LogP contribution is 2.37. The molecule has 0 aliphatic heterocycles. The van der Waals surface area contributed by atoms with Gasteiger partial charge in [0.2, 0.25) is 0 Å². The maximum Gasteiger partial charge on any atom is 0.164 e. The monoisotopic (exact) mass is 718 g/mol. The SMILES string of the molecule is C1=c2oc3ccc4c5ccccc5n(-c5cccc(-c6ccccc6)c5)c4c3c2=C(c2nc(-c3ccccc3)nc(-c3ccc(-c4ccccc4)cc3)n2)CC1. The summed E-state index contributed by atoms with van der Waals surface area (Å²) in [7, 11) is 0. The molecule has 11 rings (SSSR count). The van der Waals surface area contributed by atoms with Crippen LogP contribution in [0.15, 0.2) is 180 Å². The van der Waals surface area contributed by atoms with Gasteiger partial charge in [-0.3, -0.25) is 0 Å². The molecule has 0 spiro atoms. The quantitative estimate of drug-likeness (QED) is 0.172. The summed E-state index contributed by atoms with van der Waals surface area (Å²) in [5.74, 6) is 1.96. The van der Waals surface area contributed by atoms with Crippen molar-refractivity contribution in [2.24, 2.45) is 0 Å². The predicted molar refractivity (Wildman–Crippen MR) is 228 cm³/mol. The minimum atomic E-state index is 0.641. The maximum absolute atomic E-state index is 6.75. The first-order valence-electron chi connectivity index (χ1n) is 19.1. The molecule has 1 aliphatic rings. The second-order valence-electron chi connectivity index (χ2n) is 14.3. The lowest BCUT2D eigenvalue weighted by atomic mass is 9.99.